The SMILES string of the molecule is CCNC(=O)c1sc(N(C)C)c(C(=O)OCC)c1N. The minimum absolute atomic E-state index is 0.179. The molecule has 0 unspecified atom stereocenters. The molecule has 1 heterocycles. The second-order valence-electron chi connectivity index (χ2n) is 4.00. The van der Waals surface area contributed by atoms with Crippen molar-refractivity contribution in [2.24, 2.45) is 0 Å². The Bertz CT molecular complexity index is 483. The van der Waals surface area contributed by atoms with Crippen molar-refractivity contribution in [1.82, 2.24) is 5.32 Å². The van der Waals surface area contributed by atoms with Crippen LogP contribution in [0.3, 0.4) is 0 Å². The van der Waals surface area contributed by atoms with Crippen molar-refractivity contribution in [2.45, 2.75) is 13.8 Å². The molecule has 106 valence electrons. The standard InChI is InChI=1S/C12H19N3O3S/c1-5-14-10(16)9-8(13)7(12(17)18-6-2)11(19-9)15(3)4/h5-6,13H2,1-4H3,(H,14,16). The summed E-state index contributed by atoms with van der Waals surface area (Å²) in [5, 5.41) is 3.30. The number of hydrogen-bond acceptors (Lipinski definition) is 6. The number of carbonyl (C=O) groups excluding carboxylic acids is 2. The second kappa shape index (κ2) is 6.42. The van der Waals surface area contributed by atoms with E-state index in [1.54, 1.807) is 25.9 Å². The first kappa shape index (κ1) is 15.3. The number of nitrogen functional groups attached to an aromatic ring is 1. The highest BCUT2D eigenvalue weighted by Gasteiger charge is 2.27. The molecule has 3 N–H and O–H groups in total. The lowest BCUT2D eigenvalue weighted by atomic mass is 10.2. The molecule has 0 fully saturated rings. The zero-order valence-corrected chi connectivity index (χ0v) is 12.4. The van der Waals surface area contributed by atoms with Crippen LogP contribution in [0.25, 0.3) is 0 Å². The van der Waals surface area contributed by atoms with Gasteiger partial charge < -0.3 is 20.7 Å². The Kier molecular flexibility index (Phi) is 5.17. The number of nitrogens with two attached hydrogens (primary N) is 1. The van der Waals surface area contributed by atoms with Crippen LogP contribution in [0, 0.1) is 0 Å². The number of amides is 1. The van der Waals surface area contributed by atoms with Gasteiger partial charge in [-0.1, -0.05) is 0 Å². The Morgan fingerprint density at radius 2 is 2.00 bits per heavy atom. The fraction of sp³-hybridized carbons (Fsp3) is 0.500. The molecule has 0 aliphatic carbocycles. The van der Waals surface area contributed by atoms with Gasteiger partial charge in [0, 0.05) is 20.6 Å². The molecule has 0 spiro atoms. The molecule has 0 aromatic carbocycles. The number of hydrogen-bond donors (Lipinski definition) is 2. The summed E-state index contributed by atoms with van der Waals surface area (Å²) in [7, 11) is 3.57. The molecular formula is C12H19N3O3S. The quantitative estimate of drug-likeness (QED) is 0.797. The highest BCUT2D eigenvalue weighted by Crippen LogP contribution is 2.37. The Balaban J connectivity index is 3.28. The van der Waals surface area contributed by atoms with Crippen molar-refractivity contribution in [3.8, 4) is 0 Å². The Morgan fingerprint density at radius 3 is 2.47 bits per heavy atom. The molecular weight excluding hydrogens is 266 g/mol. The Hall–Kier alpha value is -1.76. The number of esters is 1. The summed E-state index contributed by atoms with van der Waals surface area (Å²) in [4.78, 5) is 25.9. The van der Waals surface area contributed by atoms with Crippen molar-refractivity contribution in [2.75, 3.05) is 37.9 Å². The highest BCUT2D eigenvalue weighted by atomic mass is 32.1. The summed E-state index contributed by atoms with van der Waals surface area (Å²) in [6.45, 7) is 4.31. The summed E-state index contributed by atoms with van der Waals surface area (Å²) in [6.07, 6.45) is 0. The van der Waals surface area contributed by atoms with Gasteiger partial charge in [0.25, 0.3) is 5.91 Å². The van der Waals surface area contributed by atoms with Gasteiger partial charge in [-0.15, -0.1) is 11.3 Å². The molecule has 0 atom stereocenters. The van der Waals surface area contributed by atoms with Crippen LogP contribution in [0.15, 0.2) is 0 Å². The van der Waals surface area contributed by atoms with Crippen LogP contribution in [0.5, 0.6) is 0 Å². The predicted molar refractivity (Wildman–Crippen MR) is 77.0 cm³/mol. The van der Waals surface area contributed by atoms with E-state index in [4.69, 9.17) is 10.5 Å². The van der Waals surface area contributed by atoms with E-state index in [0.29, 0.717) is 16.4 Å². The van der Waals surface area contributed by atoms with Gasteiger partial charge in [0.2, 0.25) is 0 Å². The van der Waals surface area contributed by atoms with Crippen LogP contribution in [0.2, 0.25) is 0 Å². The number of nitrogens with one attached hydrogen (secondary N) is 1. The molecule has 0 aliphatic rings. The van der Waals surface area contributed by atoms with Crippen molar-refractivity contribution in [3.05, 3.63) is 10.4 Å². The van der Waals surface area contributed by atoms with Gasteiger partial charge in [0.15, 0.2) is 0 Å². The van der Waals surface area contributed by atoms with Crippen molar-refractivity contribution in [3.63, 3.8) is 0 Å². The van der Waals surface area contributed by atoms with E-state index in [0.717, 1.165) is 0 Å². The number of ether oxygens (including phenoxy) is 1. The van der Waals surface area contributed by atoms with E-state index < -0.39 is 5.97 Å². The Labute approximate surface area is 116 Å². The van der Waals surface area contributed by atoms with Crippen LogP contribution >= 0.6 is 11.3 Å². The topological polar surface area (TPSA) is 84.7 Å². The van der Waals surface area contributed by atoms with Crippen LogP contribution in [0.1, 0.15) is 33.9 Å². The van der Waals surface area contributed by atoms with Gasteiger partial charge >= 0.3 is 5.97 Å². The van der Waals surface area contributed by atoms with E-state index in [1.807, 2.05) is 6.92 Å². The lowest BCUT2D eigenvalue weighted by Crippen LogP contribution is -2.22. The molecule has 1 aromatic heterocycles. The number of anilines is 2. The van der Waals surface area contributed by atoms with E-state index in [2.05, 4.69) is 5.32 Å². The van der Waals surface area contributed by atoms with Crippen LogP contribution < -0.4 is 16.0 Å². The van der Waals surface area contributed by atoms with Crippen molar-refractivity contribution in [1.29, 1.82) is 0 Å². The van der Waals surface area contributed by atoms with Gasteiger partial charge in [-0.3, -0.25) is 4.79 Å². The molecule has 0 aliphatic heterocycles. The van der Waals surface area contributed by atoms with Crippen LogP contribution in [-0.4, -0.2) is 39.1 Å². The molecule has 1 rings (SSSR count). The van der Waals surface area contributed by atoms with Crippen LogP contribution in [0.4, 0.5) is 10.7 Å². The summed E-state index contributed by atoms with van der Waals surface area (Å²) < 4.78 is 4.98. The minimum Gasteiger partial charge on any atom is -0.462 e. The fourth-order valence-corrected chi connectivity index (χ4v) is 2.60. The summed E-state index contributed by atoms with van der Waals surface area (Å²) in [5.41, 5.74) is 6.37. The maximum Gasteiger partial charge on any atom is 0.343 e. The molecule has 0 saturated carbocycles. The second-order valence-corrected chi connectivity index (χ2v) is 5.00. The number of rotatable bonds is 5. The van der Waals surface area contributed by atoms with Crippen molar-refractivity contribution < 1.29 is 14.3 Å². The number of thiophene rings is 1. The van der Waals surface area contributed by atoms with Crippen LogP contribution in [-0.2, 0) is 4.74 Å². The third kappa shape index (κ3) is 3.17. The number of carbonyl (C=O) groups is 2. The van der Waals surface area contributed by atoms with Crippen molar-refractivity contribution >= 4 is 33.9 Å². The molecule has 7 heteroatoms. The largest absolute Gasteiger partial charge is 0.462 e. The van der Waals surface area contributed by atoms with Gasteiger partial charge in [0.05, 0.1) is 12.3 Å². The van der Waals surface area contributed by atoms with E-state index in [-0.39, 0.29) is 23.8 Å². The van der Waals surface area contributed by atoms with Gasteiger partial charge in [-0.2, -0.15) is 0 Å². The molecule has 19 heavy (non-hydrogen) atoms. The highest BCUT2D eigenvalue weighted by molar-refractivity contribution is 7.19. The lowest BCUT2D eigenvalue weighted by Gasteiger charge is -2.11. The first-order chi connectivity index (χ1) is 8.93. The third-order valence-electron chi connectivity index (χ3n) is 2.36. The minimum atomic E-state index is -0.504. The lowest BCUT2D eigenvalue weighted by molar-refractivity contribution is 0.0529. The fourth-order valence-electron chi connectivity index (χ4n) is 1.56. The summed E-state index contributed by atoms with van der Waals surface area (Å²) in [6, 6.07) is 0. The molecule has 0 saturated heterocycles. The first-order valence-electron chi connectivity index (χ1n) is 5.98. The summed E-state index contributed by atoms with van der Waals surface area (Å²) >= 11 is 1.18. The molecule has 6 nitrogen and oxygen atoms in total. The smallest absolute Gasteiger partial charge is 0.343 e. The van der Waals surface area contributed by atoms with Gasteiger partial charge in [-0.25, -0.2) is 4.79 Å². The molecule has 0 radical (unpaired) electrons. The average Bonchev–Trinajstić information content (AvgIpc) is 2.67. The van der Waals surface area contributed by atoms with E-state index in [1.165, 1.54) is 11.3 Å². The monoisotopic (exact) mass is 285 g/mol. The Morgan fingerprint density at radius 1 is 1.37 bits per heavy atom. The van der Waals surface area contributed by atoms with E-state index >= 15 is 0 Å². The maximum absolute atomic E-state index is 11.9. The predicted octanol–water partition coefficient (Wildman–Crippen LogP) is 1.32. The zero-order valence-electron chi connectivity index (χ0n) is 11.6. The average molecular weight is 285 g/mol. The van der Waals surface area contributed by atoms with E-state index in [9.17, 15) is 9.59 Å². The number of nitrogens with zero attached hydrogens (tertiary/aromatic N) is 1. The van der Waals surface area contributed by atoms with Gasteiger partial charge in [-0.05, 0) is 13.8 Å². The maximum atomic E-state index is 11.9. The molecule has 1 aromatic rings. The molecule has 0 bridgehead atoms. The first-order valence-corrected chi connectivity index (χ1v) is 6.80. The zero-order chi connectivity index (χ0) is 14.6. The normalized spacial score (nSPS) is 10.1. The summed E-state index contributed by atoms with van der Waals surface area (Å²) in [5.74, 6) is -0.779. The third-order valence-corrected chi connectivity index (χ3v) is 3.73. The van der Waals surface area contributed by atoms with Gasteiger partial charge in [0.1, 0.15) is 15.4 Å². The molecule has 1 amide bonds.